The van der Waals surface area contributed by atoms with E-state index in [1.54, 1.807) is 10.9 Å². The first-order chi connectivity index (χ1) is 19.9. The third-order valence-corrected chi connectivity index (χ3v) is 18.4. The number of nitrogens with zero attached hydrogens (tertiary/aromatic N) is 4. The van der Waals surface area contributed by atoms with Crippen LogP contribution in [0.25, 0.3) is 11.2 Å². The molecular weight excluding hydrogens is 691 g/mol. The van der Waals surface area contributed by atoms with Crippen LogP contribution >= 0.6 is 22.6 Å². The fourth-order valence-electron chi connectivity index (χ4n) is 4.26. The monoisotopic (exact) mass is 738 g/mol. The number of amides is 1. The van der Waals surface area contributed by atoms with Gasteiger partial charge in [0.05, 0.1) is 0 Å². The Hall–Kier alpha value is -1.92. The summed E-state index contributed by atoms with van der Waals surface area (Å²) in [5, 5.41) is 6.26. The zero-order valence-electron chi connectivity index (χ0n) is 27.2. The summed E-state index contributed by atoms with van der Waals surface area (Å²) in [6.45, 7) is 22.7. The number of imidazole rings is 1. The first-order valence-electron chi connectivity index (χ1n) is 14.9. The van der Waals surface area contributed by atoms with Gasteiger partial charge < -0.3 is 18.9 Å². The highest BCUT2D eigenvalue weighted by molar-refractivity contribution is 14.1. The minimum Gasteiger partial charge on any atom is -0.368 e. The van der Waals surface area contributed by atoms with Crippen molar-refractivity contribution in [3.63, 3.8) is 0 Å². The largest absolute Gasteiger partial charge is 0.368 e. The molecule has 2 aromatic heterocycles. The number of carbonyl (C=O) groups is 1. The maximum atomic E-state index is 13.9. The SMILES string of the molecule is CC(C)(C)[Si](C)(C)OC(NC(=O)C1CCCO1)(O[Si](C)(C)C(C)(C)C)n1cnc2c(NCc3cccc(I)c3)ncnc21. The summed E-state index contributed by atoms with van der Waals surface area (Å²) in [7, 11) is -5.19. The van der Waals surface area contributed by atoms with E-state index < -0.39 is 28.8 Å². The summed E-state index contributed by atoms with van der Waals surface area (Å²) in [4.78, 5) is 27.8. The molecule has 13 heteroatoms. The van der Waals surface area contributed by atoms with Crippen molar-refractivity contribution in [3.8, 4) is 0 Å². The average molecular weight is 739 g/mol. The molecule has 0 bridgehead atoms. The van der Waals surface area contributed by atoms with Crippen LogP contribution in [0, 0.1) is 3.57 Å². The lowest BCUT2D eigenvalue weighted by Gasteiger charge is -2.50. The van der Waals surface area contributed by atoms with E-state index in [-0.39, 0.29) is 16.0 Å². The van der Waals surface area contributed by atoms with Crippen LogP contribution in [0.1, 0.15) is 59.9 Å². The summed E-state index contributed by atoms with van der Waals surface area (Å²) < 4.78 is 23.1. The molecule has 1 fully saturated rings. The third kappa shape index (κ3) is 7.49. The molecule has 0 aliphatic carbocycles. The second-order valence-corrected chi connectivity index (χ2v) is 25.0. The molecule has 0 saturated carbocycles. The van der Waals surface area contributed by atoms with E-state index in [0.29, 0.717) is 36.6 Å². The van der Waals surface area contributed by atoms with Crippen molar-refractivity contribution in [2.75, 3.05) is 11.9 Å². The van der Waals surface area contributed by atoms with E-state index in [2.05, 4.69) is 129 Å². The Bertz CT molecular complexity index is 1420. The molecule has 1 aliphatic rings. The number of fused-ring (bicyclic) bond motifs is 1. The third-order valence-electron chi connectivity index (χ3n) is 8.90. The molecule has 1 aliphatic heterocycles. The Morgan fingerprint density at radius 2 is 1.70 bits per heavy atom. The van der Waals surface area contributed by atoms with Gasteiger partial charge in [0.2, 0.25) is 16.6 Å². The summed E-state index contributed by atoms with van der Waals surface area (Å²) in [6.07, 6.45) is 4.03. The van der Waals surface area contributed by atoms with E-state index in [9.17, 15) is 4.79 Å². The Kier molecular flexibility index (Phi) is 9.85. The van der Waals surface area contributed by atoms with Crippen LogP contribution in [0.2, 0.25) is 36.3 Å². The van der Waals surface area contributed by atoms with Crippen LogP contribution in [0.15, 0.2) is 36.9 Å². The van der Waals surface area contributed by atoms with Gasteiger partial charge in [0, 0.05) is 16.7 Å². The van der Waals surface area contributed by atoms with Crippen LogP contribution in [0.3, 0.4) is 0 Å². The molecular formula is C30H47IN6O4Si2. The fourth-order valence-corrected chi connectivity index (χ4v) is 7.33. The van der Waals surface area contributed by atoms with Crippen LogP contribution in [-0.4, -0.2) is 54.8 Å². The number of ether oxygens (including phenoxy) is 1. The summed E-state index contributed by atoms with van der Waals surface area (Å²) >= 11 is 2.31. The van der Waals surface area contributed by atoms with Crippen LogP contribution in [0.4, 0.5) is 5.82 Å². The second-order valence-electron chi connectivity index (χ2n) is 14.3. The number of nitrogens with one attached hydrogen (secondary N) is 2. The van der Waals surface area contributed by atoms with E-state index >= 15 is 0 Å². The lowest BCUT2D eigenvalue weighted by molar-refractivity contribution is -0.225. The van der Waals surface area contributed by atoms with E-state index in [1.165, 1.54) is 6.33 Å². The molecule has 10 nitrogen and oxygen atoms in total. The minimum absolute atomic E-state index is 0.186. The molecule has 1 amide bonds. The first-order valence-corrected chi connectivity index (χ1v) is 21.8. The number of rotatable bonds is 10. The molecule has 4 rings (SSSR count). The molecule has 1 atom stereocenters. The predicted octanol–water partition coefficient (Wildman–Crippen LogP) is 6.95. The van der Waals surface area contributed by atoms with E-state index in [1.807, 2.05) is 6.07 Å². The number of aromatic nitrogens is 4. The van der Waals surface area contributed by atoms with Crippen molar-refractivity contribution in [3.05, 3.63) is 46.1 Å². The zero-order chi connectivity index (χ0) is 31.8. The van der Waals surface area contributed by atoms with Crippen LogP contribution < -0.4 is 10.6 Å². The van der Waals surface area contributed by atoms with Gasteiger partial charge in [-0.05, 0) is 89.4 Å². The van der Waals surface area contributed by atoms with Crippen LogP contribution in [0.5, 0.6) is 0 Å². The molecule has 3 heterocycles. The van der Waals surface area contributed by atoms with Crippen LogP contribution in [-0.2, 0) is 31.0 Å². The highest BCUT2D eigenvalue weighted by Crippen LogP contribution is 2.45. The highest BCUT2D eigenvalue weighted by atomic mass is 127. The standard InChI is InChI=1S/C30H47IN6O4Si2/c1-28(2,3)42(7,8)40-30(41-43(9,10)29(4,5)6,36-27(38)23-15-12-16-39-23)37-20-35-24-25(33-19-34-26(24)37)32-18-21-13-11-14-22(31)17-21/h11,13-14,17,19-20,23H,12,15-16,18H2,1-10H3,(H,36,38)(H,32,33,34). The Morgan fingerprint density at radius 1 is 1.05 bits per heavy atom. The first kappa shape index (κ1) is 34.0. The van der Waals surface area contributed by atoms with Gasteiger partial charge >= 0.3 is 6.03 Å². The smallest absolute Gasteiger partial charge is 0.330 e. The number of carbonyl (C=O) groups excluding carboxylic acids is 1. The molecule has 1 saturated heterocycles. The van der Waals surface area contributed by atoms with Gasteiger partial charge in [-0.1, -0.05) is 53.7 Å². The number of benzene rings is 1. The molecule has 236 valence electrons. The molecule has 1 aromatic carbocycles. The van der Waals surface area contributed by atoms with Crippen molar-refractivity contribution >= 4 is 62.1 Å². The Balaban J connectivity index is 1.88. The second kappa shape index (κ2) is 12.5. The number of halogens is 1. The predicted molar refractivity (Wildman–Crippen MR) is 183 cm³/mol. The van der Waals surface area contributed by atoms with Crippen molar-refractivity contribution in [2.45, 2.75) is 109 Å². The van der Waals surface area contributed by atoms with Crippen molar-refractivity contribution in [1.82, 2.24) is 24.8 Å². The van der Waals surface area contributed by atoms with Gasteiger partial charge in [-0.25, -0.2) is 19.5 Å². The number of hydrogen-bond donors (Lipinski definition) is 2. The van der Waals surface area contributed by atoms with Gasteiger partial charge in [-0.15, -0.1) is 0 Å². The van der Waals surface area contributed by atoms with Gasteiger partial charge in [-0.3, -0.25) is 10.1 Å². The molecule has 3 aromatic rings. The van der Waals surface area contributed by atoms with E-state index in [4.69, 9.17) is 18.6 Å². The summed E-state index contributed by atoms with van der Waals surface area (Å²) in [5.74, 6) is 0.310. The lowest BCUT2D eigenvalue weighted by Crippen LogP contribution is -2.66. The Morgan fingerprint density at radius 3 is 2.26 bits per heavy atom. The maximum Gasteiger partial charge on any atom is 0.330 e. The summed E-state index contributed by atoms with van der Waals surface area (Å²) in [5.41, 5.74) is 2.17. The molecule has 0 spiro atoms. The number of hydrogen-bond acceptors (Lipinski definition) is 8. The Labute approximate surface area is 271 Å². The average Bonchev–Trinajstić information content (AvgIpc) is 3.57. The number of anilines is 1. The van der Waals surface area contributed by atoms with Gasteiger partial charge in [0.1, 0.15) is 18.8 Å². The zero-order valence-corrected chi connectivity index (χ0v) is 31.3. The molecule has 0 radical (unpaired) electrons. The maximum absolute atomic E-state index is 13.9. The minimum atomic E-state index is -2.59. The van der Waals surface area contributed by atoms with Gasteiger partial charge in [0.25, 0.3) is 5.91 Å². The normalized spacial score (nSPS) is 17.0. The van der Waals surface area contributed by atoms with Crippen molar-refractivity contribution < 1.29 is 18.4 Å². The van der Waals surface area contributed by atoms with Crippen molar-refractivity contribution in [2.24, 2.45) is 0 Å². The lowest BCUT2D eigenvalue weighted by atomic mass is 10.2. The molecule has 2 N–H and O–H groups in total. The quantitative estimate of drug-likeness (QED) is 0.131. The van der Waals surface area contributed by atoms with Crippen molar-refractivity contribution in [1.29, 1.82) is 0 Å². The molecule has 43 heavy (non-hydrogen) atoms. The topological polar surface area (TPSA) is 112 Å². The highest BCUT2D eigenvalue weighted by Gasteiger charge is 2.54. The van der Waals surface area contributed by atoms with E-state index in [0.717, 1.165) is 15.6 Å². The summed E-state index contributed by atoms with van der Waals surface area (Å²) in [6, 6.07) is 6.58. The van der Waals surface area contributed by atoms with Gasteiger partial charge in [0.15, 0.2) is 17.0 Å². The fraction of sp³-hybridized carbons (Fsp3) is 0.600. The van der Waals surface area contributed by atoms with Gasteiger partial charge in [-0.2, -0.15) is 0 Å². The molecule has 1 unspecified atom stereocenters.